The average Bonchev–Trinajstić information content (AvgIpc) is 2.95. The number of hydrogen-bond acceptors (Lipinski definition) is 4. The number of nitrogens with zero attached hydrogens (tertiary/aromatic N) is 1. The number of carbonyl (C=O) groups excluding carboxylic acids is 2. The number of anilines is 1. The highest BCUT2D eigenvalue weighted by Gasteiger charge is 2.23. The molecule has 0 unspecified atom stereocenters. The van der Waals surface area contributed by atoms with Crippen LogP contribution in [0.25, 0.3) is 0 Å². The molecular weight excluding hydrogens is 384 g/mol. The van der Waals surface area contributed by atoms with Gasteiger partial charge in [0.25, 0.3) is 5.91 Å². The van der Waals surface area contributed by atoms with Crippen molar-refractivity contribution in [3.8, 4) is 5.75 Å². The maximum Gasteiger partial charge on any atom is 0.264 e. The lowest BCUT2D eigenvalue weighted by atomic mass is 9.96. The van der Waals surface area contributed by atoms with Gasteiger partial charge in [-0.2, -0.15) is 0 Å². The monoisotopic (exact) mass is 408 g/mol. The molecule has 0 bridgehead atoms. The quantitative estimate of drug-likeness (QED) is 0.743. The molecule has 7 heteroatoms. The van der Waals surface area contributed by atoms with Gasteiger partial charge in [-0.05, 0) is 42.8 Å². The van der Waals surface area contributed by atoms with Crippen molar-refractivity contribution >= 4 is 39.8 Å². The first-order chi connectivity index (χ1) is 12.6. The first kappa shape index (κ1) is 21.3. The Kier molecular flexibility index (Phi) is 6.89. The maximum absolute atomic E-state index is 12.7. The molecule has 0 atom stereocenters. The van der Waals surface area contributed by atoms with Crippen molar-refractivity contribution in [1.29, 1.82) is 0 Å². The maximum atomic E-state index is 12.7. The fraction of sp³-hybridized carbons (Fsp3) is 0.400. The topological polar surface area (TPSA) is 58.6 Å². The lowest BCUT2D eigenvalue weighted by Crippen LogP contribution is -2.30. The van der Waals surface area contributed by atoms with E-state index in [1.807, 2.05) is 33.8 Å². The smallest absolute Gasteiger partial charge is 0.264 e. The van der Waals surface area contributed by atoms with E-state index in [2.05, 4.69) is 5.32 Å². The number of likely N-dealkylation sites (N-methyl/N-ethyl adjacent to an activating group) is 1. The molecule has 5 nitrogen and oxygen atoms in total. The predicted octanol–water partition coefficient (Wildman–Crippen LogP) is 4.85. The van der Waals surface area contributed by atoms with Gasteiger partial charge >= 0.3 is 0 Å². The molecule has 0 spiro atoms. The Bertz CT molecular complexity index is 810. The second-order valence-electron chi connectivity index (χ2n) is 7.36. The molecule has 0 aliphatic carbocycles. The molecule has 0 fully saturated rings. The molecule has 1 heterocycles. The van der Waals surface area contributed by atoms with Crippen LogP contribution >= 0.6 is 22.9 Å². The van der Waals surface area contributed by atoms with E-state index >= 15 is 0 Å². The van der Waals surface area contributed by atoms with Crippen LogP contribution in [0.2, 0.25) is 5.02 Å². The summed E-state index contributed by atoms with van der Waals surface area (Å²) in [5.41, 5.74) is 0.359. The molecule has 0 aliphatic rings. The minimum Gasteiger partial charge on any atom is -0.492 e. The standard InChI is InChI=1S/C20H25ClN2O3S/c1-13-12-16(22-19(25)20(2,3)4)27-17(13)18(24)23(5)10-11-26-15-8-6-14(21)7-9-15/h6-9,12H,10-11H2,1-5H3,(H,22,25). The summed E-state index contributed by atoms with van der Waals surface area (Å²) in [7, 11) is 1.74. The molecule has 1 aromatic heterocycles. The van der Waals surface area contributed by atoms with E-state index in [9.17, 15) is 9.59 Å². The second kappa shape index (κ2) is 8.76. The van der Waals surface area contributed by atoms with Crippen molar-refractivity contribution in [3.05, 3.63) is 45.8 Å². The average molecular weight is 409 g/mol. The van der Waals surface area contributed by atoms with E-state index in [-0.39, 0.29) is 11.8 Å². The molecule has 0 radical (unpaired) electrons. The van der Waals surface area contributed by atoms with Crippen LogP contribution in [0.4, 0.5) is 5.00 Å². The van der Waals surface area contributed by atoms with E-state index in [1.165, 1.54) is 11.3 Å². The highest BCUT2D eigenvalue weighted by molar-refractivity contribution is 7.18. The number of ether oxygens (including phenoxy) is 1. The fourth-order valence-electron chi connectivity index (χ4n) is 2.16. The Morgan fingerprint density at radius 2 is 1.85 bits per heavy atom. The normalized spacial score (nSPS) is 11.2. The van der Waals surface area contributed by atoms with Crippen LogP contribution < -0.4 is 10.1 Å². The number of nitrogens with one attached hydrogen (secondary N) is 1. The zero-order chi connectivity index (χ0) is 20.2. The zero-order valence-electron chi connectivity index (χ0n) is 16.3. The Morgan fingerprint density at radius 1 is 1.22 bits per heavy atom. The number of rotatable bonds is 6. The molecule has 0 saturated heterocycles. The van der Waals surface area contributed by atoms with E-state index in [1.54, 1.807) is 36.2 Å². The molecule has 2 rings (SSSR count). The van der Waals surface area contributed by atoms with Gasteiger partial charge < -0.3 is 15.0 Å². The van der Waals surface area contributed by atoms with Gasteiger partial charge in [0.15, 0.2) is 0 Å². The minimum absolute atomic E-state index is 0.0764. The van der Waals surface area contributed by atoms with Gasteiger partial charge in [-0.25, -0.2) is 0 Å². The Labute approximate surface area is 169 Å². The second-order valence-corrected chi connectivity index (χ2v) is 8.84. The first-order valence-electron chi connectivity index (χ1n) is 8.63. The van der Waals surface area contributed by atoms with Crippen LogP contribution in [0.1, 0.15) is 36.0 Å². The van der Waals surface area contributed by atoms with Crippen molar-refractivity contribution in [3.63, 3.8) is 0 Å². The molecule has 0 aliphatic heterocycles. The number of carbonyl (C=O) groups is 2. The largest absolute Gasteiger partial charge is 0.492 e. The SMILES string of the molecule is Cc1cc(NC(=O)C(C)(C)C)sc1C(=O)N(C)CCOc1ccc(Cl)cc1. The molecule has 27 heavy (non-hydrogen) atoms. The number of benzene rings is 1. The fourth-order valence-corrected chi connectivity index (χ4v) is 3.35. The van der Waals surface area contributed by atoms with Gasteiger partial charge in [0.1, 0.15) is 12.4 Å². The van der Waals surface area contributed by atoms with Gasteiger partial charge in [-0.1, -0.05) is 32.4 Å². The minimum atomic E-state index is -0.488. The van der Waals surface area contributed by atoms with Crippen molar-refractivity contribution in [2.24, 2.45) is 5.41 Å². The summed E-state index contributed by atoms with van der Waals surface area (Å²) in [4.78, 5) is 27.1. The summed E-state index contributed by atoms with van der Waals surface area (Å²) in [5, 5.41) is 4.21. The summed E-state index contributed by atoms with van der Waals surface area (Å²) in [6.45, 7) is 8.24. The Morgan fingerprint density at radius 3 is 2.44 bits per heavy atom. The zero-order valence-corrected chi connectivity index (χ0v) is 17.8. The van der Waals surface area contributed by atoms with Gasteiger partial charge in [-0.15, -0.1) is 11.3 Å². The van der Waals surface area contributed by atoms with Gasteiger partial charge in [0, 0.05) is 17.5 Å². The molecule has 1 aromatic carbocycles. The van der Waals surface area contributed by atoms with Crippen LogP contribution in [-0.2, 0) is 4.79 Å². The van der Waals surface area contributed by atoms with Crippen LogP contribution in [0.15, 0.2) is 30.3 Å². The lowest BCUT2D eigenvalue weighted by Gasteiger charge is -2.17. The first-order valence-corrected chi connectivity index (χ1v) is 9.83. The highest BCUT2D eigenvalue weighted by Crippen LogP contribution is 2.29. The van der Waals surface area contributed by atoms with Crippen LogP contribution in [0.5, 0.6) is 5.75 Å². The summed E-state index contributed by atoms with van der Waals surface area (Å²) < 4.78 is 5.64. The molecule has 146 valence electrons. The third kappa shape index (κ3) is 5.97. The summed E-state index contributed by atoms with van der Waals surface area (Å²) >= 11 is 7.14. The summed E-state index contributed by atoms with van der Waals surface area (Å²) in [6, 6.07) is 8.93. The number of hydrogen-bond donors (Lipinski definition) is 1. The van der Waals surface area contributed by atoms with Crippen molar-refractivity contribution in [1.82, 2.24) is 4.90 Å². The third-order valence-corrected chi connectivity index (χ3v) is 5.28. The third-order valence-electron chi connectivity index (χ3n) is 3.89. The van der Waals surface area contributed by atoms with E-state index in [0.29, 0.717) is 33.8 Å². The summed E-state index contributed by atoms with van der Waals surface area (Å²) in [5.74, 6) is 0.542. The molecular formula is C20H25ClN2O3S. The highest BCUT2D eigenvalue weighted by atomic mass is 35.5. The van der Waals surface area contributed by atoms with Gasteiger partial charge in [0.05, 0.1) is 16.4 Å². The van der Waals surface area contributed by atoms with Crippen molar-refractivity contribution in [2.45, 2.75) is 27.7 Å². The van der Waals surface area contributed by atoms with E-state index in [0.717, 1.165) is 5.56 Å². The Balaban J connectivity index is 1.94. The van der Waals surface area contributed by atoms with E-state index in [4.69, 9.17) is 16.3 Å². The van der Waals surface area contributed by atoms with Gasteiger partial charge in [0.2, 0.25) is 5.91 Å². The number of amides is 2. The van der Waals surface area contributed by atoms with Crippen molar-refractivity contribution in [2.75, 3.05) is 25.5 Å². The van der Waals surface area contributed by atoms with Crippen molar-refractivity contribution < 1.29 is 14.3 Å². The van der Waals surface area contributed by atoms with Crippen LogP contribution in [0.3, 0.4) is 0 Å². The number of thiophene rings is 1. The number of halogens is 1. The van der Waals surface area contributed by atoms with Crippen LogP contribution in [0, 0.1) is 12.3 Å². The van der Waals surface area contributed by atoms with E-state index < -0.39 is 5.41 Å². The van der Waals surface area contributed by atoms with Gasteiger partial charge in [-0.3, -0.25) is 9.59 Å². The molecule has 0 saturated carbocycles. The van der Waals surface area contributed by atoms with Crippen LogP contribution in [-0.4, -0.2) is 36.9 Å². The summed E-state index contributed by atoms with van der Waals surface area (Å²) in [6.07, 6.45) is 0. The molecule has 2 aromatic rings. The Hall–Kier alpha value is -2.05. The number of aryl methyl sites for hydroxylation is 1. The molecule has 2 amide bonds. The predicted molar refractivity (Wildman–Crippen MR) is 111 cm³/mol. The lowest BCUT2D eigenvalue weighted by molar-refractivity contribution is -0.123. The molecule has 1 N–H and O–H groups in total.